The molecule has 192 valence electrons. The van der Waals surface area contributed by atoms with Gasteiger partial charge in [-0.05, 0) is 60.4 Å². The number of anilines is 2. The van der Waals surface area contributed by atoms with E-state index in [4.69, 9.17) is 0 Å². The predicted octanol–water partition coefficient (Wildman–Crippen LogP) is 6.49. The first kappa shape index (κ1) is 25.9. The molecule has 2 aliphatic rings. The summed E-state index contributed by atoms with van der Waals surface area (Å²) in [5.41, 5.74) is 2.41. The van der Waals surface area contributed by atoms with E-state index >= 15 is 4.39 Å². The van der Waals surface area contributed by atoms with E-state index in [1.165, 1.54) is 11.0 Å². The lowest BCUT2D eigenvalue weighted by Crippen LogP contribution is -2.51. The molecule has 0 bridgehead atoms. The molecule has 0 atom stereocenters. The summed E-state index contributed by atoms with van der Waals surface area (Å²) in [6, 6.07) is 9.97. The zero-order valence-corrected chi connectivity index (χ0v) is 21.9. The van der Waals surface area contributed by atoms with Gasteiger partial charge in [-0.25, -0.2) is 9.18 Å². The van der Waals surface area contributed by atoms with Crippen molar-refractivity contribution in [2.75, 3.05) is 16.8 Å². The minimum absolute atomic E-state index is 0.0935. The van der Waals surface area contributed by atoms with Gasteiger partial charge in [0.15, 0.2) is 0 Å². The summed E-state index contributed by atoms with van der Waals surface area (Å²) < 4.78 is 15.1. The third kappa shape index (κ3) is 4.51. The van der Waals surface area contributed by atoms with Crippen LogP contribution in [0.3, 0.4) is 0 Å². The van der Waals surface area contributed by atoms with E-state index in [1.807, 2.05) is 18.2 Å². The molecule has 6 nitrogen and oxygen atoms in total. The molecular weight excluding hydrogens is 457 g/mol. The number of halogens is 1. The van der Waals surface area contributed by atoms with Crippen molar-refractivity contribution >= 4 is 29.2 Å². The molecule has 0 aromatic heterocycles. The molecule has 1 saturated carbocycles. The molecule has 2 aromatic carbocycles. The quantitative estimate of drug-likeness (QED) is 0.468. The number of benzene rings is 2. The van der Waals surface area contributed by atoms with Crippen LogP contribution in [0.5, 0.6) is 0 Å². The van der Waals surface area contributed by atoms with Crippen molar-refractivity contribution in [1.29, 1.82) is 0 Å². The molecule has 1 aliphatic carbocycles. The number of para-hydroxylation sites is 1. The fourth-order valence-corrected chi connectivity index (χ4v) is 5.60. The maximum atomic E-state index is 15.1. The Morgan fingerprint density at radius 2 is 1.61 bits per heavy atom. The SMILES string of the molecule is Cc1ccc(N2C(=O)N(CC(=O)Nc3c(C(C)C)cccc3C(C)C)C(=O)C23CCCCC3)c(F)c1. The molecule has 1 spiro atoms. The van der Waals surface area contributed by atoms with Crippen molar-refractivity contribution in [3.63, 3.8) is 0 Å². The summed E-state index contributed by atoms with van der Waals surface area (Å²) in [4.78, 5) is 43.0. The van der Waals surface area contributed by atoms with Crippen LogP contribution in [0.1, 0.15) is 88.3 Å². The summed E-state index contributed by atoms with van der Waals surface area (Å²) in [7, 11) is 0. The topological polar surface area (TPSA) is 69.7 Å². The molecule has 2 fully saturated rings. The van der Waals surface area contributed by atoms with Gasteiger partial charge in [0.1, 0.15) is 17.9 Å². The van der Waals surface area contributed by atoms with E-state index in [1.54, 1.807) is 19.1 Å². The number of amides is 4. The second-order valence-corrected chi connectivity index (χ2v) is 10.7. The smallest absolute Gasteiger partial charge is 0.324 e. The van der Waals surface area contributed by atoms with Gasteiger partial charge in [-0.3, -0.25) is 19.4 Å². The number of nitrogens with zero attached hydrogens (tertiary/aromatic N) is 2. The molecule has 1 heterocycles. The van der Waals surface area contributed by atoms with E-state index in [2.05, 4.69) is 33.0 Å². The van der Waals surface area contributed by atoms with Crippen molar-refractivity contribution in [2.24, 2.45) is 0 Å². The van der Waals surface area contributed by atoms with E-state index < -0.39 is 35.7 Å². The van der Waals surface area contributed by atoms with E-state index in [0.717, 1.165) is 46.5 Å². The number of nitrogens with one attached hydrogen (secondary N) is 1. The molecule has 36 heavy (non-hydrogen) atoms. The van der Waals surface area contributed by atoms with Crippen LogP contribution in [0.15, 0.2) is 36.4 Å². The highest BCUT2D eigenvalue weighted by Gasteiger charge is 2.58. The van der Waals surface area contributed by atoms with Crippen molar-refractivity contribution in [1.82, 2.24) is 4.90 Å². The maximum Gasteiger partial charge on any atom is 0.332 e. The molecule has 1 saturated heterocycles. The Bertz CT molecular complexity index is 1160. The second-order valence-electron chi connectivity index (χ2n) is 10.7. The second kappa shape index (κ2) is 10.0. The third-order valence-corrected chi connectivity index (χ3v) is 7.46. The highest BCUT2D eigenvalue weighted by atomic mass is 19.1. The Morgan fingerprint density at radius 1 is 1.00 bits per heavy atom. The number of carbonyl (C=O) groups excluding carboxylic acids is 3. The summed E-state index contributed by atoms with van der Waals surface area (Å²) >= 11 is 0. The lowest BCUT2D eigenvalue weighted by molar-refractivity contribution is -0.134. The minimum atomic E-state index is -1.15. The molecule has 1 aliphatic heterocycles. The van der Waals surface area contributed by atoms with Gasteiger partial charge in [-0.2, -0.15) is 0 Å². The highest BCUT2D eigenvalue weighted by Crippen LogP contribution is 2.44. The summed E-state index contributed by atoms with van der Waals surface area (Å²) in [5.74, 6) is -1.04. The van der Waals surface area contributed by atoms with Crippen LogP contribution in [-0.4, -0.2) is 34.8 Å². The number of aryl methyl sites for hydroxylation is 1. The van der Waals surface area contributed by atoms with Crippen molar-refractivity contribution in [3.05, 3.63) is 58.9 Å². The number of urea groups is 1. The van der Waals surface area contributed by atoms with Gasteiger partial charge in [0.25, 0.3) is 5.91 Å². The predicted molar refractivity (Wildman–Crippen MR) is 140 cm³/mol. The first-order chi connectivity index (χ1) is 17.1. The molecule has 0 radical (unpaired) electrons. The standard InChI is InChI=1S/C29H36FN3O3/c1-18(2)21-10-9-11-22(19(3)4)26(21)31-25(34)17-32-27(35)29(14-7-6-8-15-29)33(28(32)36)24-13-12-20(5)16-23(24)30/h9-13,16,18-19H,6-8,14-15,17H2,1-5H3,(H,31,34). The fourth-order valence-electron chi connectivity index (χ4n) is 5.60. The van der Waals surface area contributed by atoms with Crippen molar-refractivity contribution in [3.8, 4) is 0 Å². The zero-order valence-electron chi connectivity index (χ0n) is 21.9. The zero-order chi connectivity index (χ0) is 26.2. The Kier molecular flexibility index (Phi) is 7.21. The van der Waals surface area contributed by atoms with Crippen LogP contribution in [0.4, 0.5) is 20.6 Å². The maximum absolute atomic E-state index is 15.1. The normalized spacial score (nSPS) is 17.6. The van der Waals surface area contributed by atoms with Gasteiger partial charge in [0.2, 0.25) is 5.91 Å². The van der Waals surface area contributed by atoms with E-state index in [9.17, 15) is 14.4 Å². The van der Waals surface area contributed by atoms with Crippen molar-refractivity contribution < 1.29 is 18.8 Å². The Hall–Kier alpha value is -3.22. The molecule has 2 aromatic rings. The van der Waals surface area contributed by atoms with Crippen LogP contribution in [0.2, 0.25) is 0 Å². The Labute approximate surface area is 212 Å². The Morgan fingerprint density at radius 3 is 2.17 bits per heavy atom. The van der Waals surface area contributed by atoms with Gasteiger partial charge >= 0.3 is 6.03 Å². The number of hydrogen-bond acceptors (Lipinski definition) is 3. The van der Waals surface area contributed by atoms with Gasteiger partial charge in [0, 0.05) is 5.69 Å². The lowest BCUT2D eigenvalue weighted by Gasteiger charge is -2.38. The molecule has 4 amide bonds. The van der Waals surface area contributed by atoms with Gasteiger partial charge in [0.05, 0.1) is 5.69 Å². The molecule has 1 N–H and O–H groups in total. The average Bonchev–Trinajstić information content (AvgIpc) is 3.01. The van der Waals surface area contributed by atoms with Crippen LogP contribution in [0.25, 0.3) is 0 Å². The van der Waals surface area contributed by atoms with E-state index in [0.29, 0.717) is 12.8 Å². The number of imide groups is 1. The van der Waals surface area contributed by atoms with Crippen LogP contribution in [-0.2, 0) is 9.59 Å². The minimum Gasteiger partial charge on any atom is -0.324 e. The van der Waals surface area contributed by atoms with E-state index in [-0.39, 0.29) is 17.5 Å². The number of carbonyl (C=O) groups is 3. The average molecular weight is 494 g/mol. The van der Waals surface area contributed by atoms with Gasteiger partial charge < -0.3 is 5.32 Å². The number of hydrogen-bond donors (Lipinski definition) is 1. The summed E-state index contributed by atoms with van der Waals surface area (Å²) in [5, 5.41) is 3.00. The highest BCUT2D eigenvalue weighted by molar-refractivity contribution is 6.18. The first-order valence-electron chi connectivity index (χ1n) is 12.9. The van der Waals surface area contributed by atoms with Crippen molar-refractivity contribution in [2.45, 2.75) is 84.1 Å². The van der Waals surface area contributed by atoms with Gasteiger partial charge in [-0.15, -0.1) is 0 Å². The first-order valence-corrected chi connectivity index (χ1v) is 12.9. The Balaban J connectivity index is 1.66. The lowest BCUT2D eigenvalue weighted by atomic mass is 9.80. The molecular formula is C29H36FN3O3. The van der Waals surface area contributed by atoms with Crippen LogP contribution in [0, 0.1) is 12.7 Å². The van der Waals surface area contributed by atoms with Crippen LogP contribution < -0.4 is 10.2 Å². The van der Waals surface area contributed by atoms with Crippen LogP contribution >= 0.6 is 0 Å². The molecule has 4 rings (SSSR count). The summed E-state index contributed by atoms with van der Waals surface area (Å²) in [6.07, 6.45) is 3.40. The third-order valence-electron chi connectivity index (χ3n) is 7.46. The fraction of sp³-hybridized carbons (Fsp3) is 0.483. The largest absolute Gasteiger partial charge is 0.332 e. The number of rotatable bonds is 6. The monoisotopic (exact) mass is 493 g/mol. The molecule has 7 heteroatoms. The summed E-state index contributed by atoms with van der Waals surface area (Å²) in [6.45, 7) is 9.60. The van der Waals surface area contributed by atoms with Gasteiger partial charge in [-0.1, -0.05) is 71.2 Å². The molecule has 0 unspecified atom stereocenters.